The minimum absolute atomic E-state index is 0.0947. The molecule has 0 atom stereocenters. The quantitative estimate of drug-likeness (QED) is 0.757. The van der Waals surface area contributed by atoms with Gasteiger partial charge in [-0.15, -0.1) is 0 Å². The molecule has 0 fully saturated rings. The SMILES string of the molecule is CC(C)(C)c1cn2c(S(C)(=O)=O)nc(C(F)(F)F)cc2n1. The maximum Gasteiger partial charge on any atom is 0.433 e. The summed E-state index contributed by atoms with van der Waals surface area (Å²) >= 11 is 0. The van der Waals surface area contributed by atoms with Crippen LogP contribution in [-0.4, -0.2) is 29.0 Å². The first-order valence-electron chi connectivity index (χ1n) is 5.98. The Kier molecular flexibility index (Phi) is 3.32. The van der Waals surface area contributed by atoms with E-state index in [1.165, 1.54) is 6.20 Å². The molecule has 2 heterocycles. The lowest BCUT2D eigenvalue weighted by Crippen LogP contribution is -2.15. The van der Waals surface area contributed by atoms with Gasteiger partial charge in [-0.1, -0.05) is 20.8 Å². The average Bonchev–Trinajstić information content (AvgIpc) is 2.67. The van der Waals surface area contributed by atoms with Gasteiger partial charge < -0.3 is 0 Å². The van der Waals surface area contributed by atoms with Crippen molar-refractivity contribution in [2.24, 2.45) is 0 Å². The lowest BCUT2D eigenvalue weighted by molar-refractivity contribution is -0.141. The Bertz CT molecular complexity index is 801. The van der Waals surface area contributed by atoms with Crippen molar-refractivity contribution in [3.63, 3.8) is 0 Å². The summed E-state index contributed by atoms with van der Waals surface area (Å²) in [6, 6.07) is 0.740. The number of alkyl halides is 3. The van der Waals surface area contributed by atoms with Crippen molar-refractivity contribution in [3.8, 4) is 0 Å². The zero-order valence-electron chi connectivity index (χ0n) is 11.9. The Morgan fingerprint density at radius 3 is 2.10 bits per heavy atom. The number of rotatable bonds is 1. The summed E-state index contributed by atoms with van der Waals surface area (Å²) in [5.74, 6) is 0. The van der Waals surface area contributed by atoms with Crippen LogP contribution >= 0.6 is 0 Å². The van der Waals surface area contributed by atoms with Gasteiger partial charge in [0.15, 0.2) is 5.69 Å². The van der Waals surface area contributed by atoms with Gasteiger partial charge in [-0.3, -0.25) is 4.40 Å². The summed E-state index contributed by atoms with van der Waals surface area (Å²) in [6.07, 6.45) is -2.53. The van der Waals surface area contributed by atoms with Crippen LogP contribution in [0.1, 0.15) is 32.2 Å². The molecule has 116 valence electrons. The third-order valence-electron chi connectivity index (χ3n) is 2.81. The first-order chi connectivity index (χ1) is 9.30. The fourth-order valence-electron chi connectivity index (χ4n) is 1.73. The first kappa shape index (κ1) is 15.7. The number of nitrogens with zero attached hydrogens (tertiary/aromatic N) is 3. The van der Waals surface area contributed by atoms with E-state index in [0.29, 0.717) is 5.69 Å². The molecule has 0 amide bonds. The van der Waals surface area contributed by atoms with Gasteiger partial charge in [0.2, 0.25) is 15.0 Å². The summed E-state index contributed by atoms with van der Waals surface area (Å²) in [7, 11) is -3.93. The van der Waals surface area contributed by atoms with Crippen molar-refractivity contribution in [3.05, 3.63) is 23.7 Å². The molecule has 2 aromatic heterocycles. The Labute approximate surface area is 119 Å². The van der Waals surface area contributed by atoms with Crippen molar-refractivity contribution < 1.29 is 21.6 Å². The smallest absolute Gasteiger partial charge is 0.274 e. The van der Waals surface area contributed by atoms with Gasteiger partial charge >= 0.3 is 6.18 Å². The molecule has 21 heavy (non-hydrogen) atoms. The maximum absolute atomic E-state index is 12.8. The molecule has 0 aromatic carbocycles. The van der Waals surface area contributed by atoms with Crippen LogP contribution in [0.3, 0.4) is 0 Å². The Morgan fingerprint density at radius 2 is 1.67 bits per heavy atom. The van der Waals surface area contributed by atoms with Gasteiger partial charge in [0, 0.05) is 23.9 Å². The van der Waals surface area contributed by atoms with Crippen LogP contribution < -0.4 is 0 Å². The normalized spacial score (nSPS) is 13.9. The fourth-order valence-corrected chi connectivity index (χ4v) is 2.50. The summed E-state index contributed by atoms with van der Waals surface area (Å²) < 4.78 is 63.0. The van der Waals surface area contributed by atoms with Crippen molar-refractivity contribution in [1.82, 2.24) is 14.4 Å². The number of sulfone groups is 1. The molecule has 0 unspecified atom stereocenters. The van der Waals surface area contributed by atoms with Crippen LogP contribution in [0.5, 0.6) is 0 Å². The highest BCUT2D eigenvalue weighted by Crippen LogP contribution is 2.30. The summed E-state index contributed by atoms with van der Waals surface area (Å²) in [5, 5.41) is -0.671. The summed E-state index contributed by atoms with van der Waals surface area (Å²) in [6.45, 7) is 5.48. The Morgan fingerprint density at radius 1 is 1.10 bits per heavy atom. The van der Waals surface area contributed by atoms with Gasteiger partial charge in [-0.2, -0.15) is 13.2 Å². The van der Waals surface area contributed by atoms with E-state index in [0.717, 1.165) is 16.7 Å². The molecule has 0 aliphatic heterocycles. The number of hydrogen-bond acceptors (Lipinski definition) is 4. The topological polar surface area (TPSA) is 64.3 Å². The molecular weight excluding hydrogens is 307 g/mol. The van der Waals surface area contributed by atoms with Crippen LogP contribution in [0, 0.1) is 0 Å². The summed E-state index contributed by atoms with van der Waals surface area (Å²) in [4.78, 5) is 7.34. The molecule has 9 heteroatoms. The standard InChI is InChI=1S/C12H14F3N3O2S/c1-11(2,3)8-6-18-9(16-8)5-7(12(13,14)15)17-10(18)21(4,19)20/h5-6H,1-4H3. The highest BCUT2D eigenvalue weighted by Gasteiger charge is 2.35. The predicted molar refractivity (Wildman–Crippen MR) is 69.8 cm³/mol. The first-order valence-corrected chi connectivity index (χ1v) is 7.87. The molecule has 2 rings (SSSR count). The van der Waals surface area contributed by atoms with Crippen LogP contribution in [0.15, 0.2) is 17.4 Å². The van der Waals surface area contributed by atoms with Crippen molar-refractivity contribution in [2.45, 2.75) is 37.5 Å². The molecule has 0 bridgehead atoms. The maximum atomic E-state index is 12.8. The molecule has 0 spiro atoms. The van der Waals surface area contributed by atoms with Gasteiger partial charge in [-0.05, 0) is 0 Å². The zero-order valence-corrected chi connectivity index (χ0v) is 12.7. The minimum atomic E-state index is -4.74. The second-order valence-electron chi connectivity index (χ2n) is 5.80. The minimum Gasteiger partial charge on any atom is -0.274 e. The van der Waals surface area contributed by atoms with E-state index < -0.39 is 32.3 Å². The number of imidazole rings is 1. The van der Waals surface area contributed by atoms with Gasteiger partial charge in [-0.25, -0.2) is 18.4 Å². The lowest BCUT2D eigenvalue weighted by atomic mass is 9.93. The number of hydrogen-bond donors (Lipinski definition) is 0. The number of aromatic nitrogens is 3. The van der Waals surface area contributed by atoms with E-state index >= 15 is 0 Å². The molecule has 0 saturated heterocycles. The van der Waals surface area contributed by atoms with Crippen molar-refractivity contribution in [1.29, 1.82) is 0 Å². The van der Waals surface area contributed by atoms with E-state index in [4.69, 9.17) is 0 Å². The van der Waals surface area contributed by atoms with E-state index in [-0.39, 0.29) is 5.65 Å². The highest BCUT2D eigenvalue weighted by molar-refractivity contribution is 7.90. The average molecular weight is 321 g/mol. The highest BCUT2D eigenvalue weighted by atomic mass is 32.2. The third-order valence-corrected chi connectivity index (χ3v) is 3.76. The van der Waals surface area contributed by atoms with Crippen LogP contribution in [0.2, 0.25) is 0 Å². The second-order valence-corrected chi connectivity index (χ2v) is 7.71. The van der Waals surface area contributed by atoms with E-state index in [2.05, 4.69) is 9.97 Å². The van der Waals surface area contributed by atoms with Crippen LogP contribution in [0.25, 0.3) is 5.65 Å². The van der Waals surface area contributed by atoms with Crippen LogP contribution in [-0.2, 0) is 21.4 Å². The number of halogens is 3. The Balaban J connectivity index is 2.88. The van der Waals surface area contributed by atoms with Crippen molar-refractivity contribution >= 4 is 15.5 Å². The van der Waals surface area contributed by atoms with Crippen LogP contribution in [0.4, 0.5) is 13.2 Å². The van der Waals surface area contributed by atoms with Gasteiger partial charge in [0.25, 0.3) is 0 Å². The molecule has 0 radical (unpaired) electrons. The molecule has 0 N–H and O–H groups in total. The van der Waals surface area contributed by atoms with E-state index in [9.17, 15) is 21.6 Å². The largest absolute Gasteiger partial charge is 0.433 e. The second kappa shape index (κ2) is 4.43. The molecule has 5 nitrogen and oxygen atoms in total. The van der Waals surface area contributed by atoms with E-state index in [1.54, 1.807) is 0 Å². The molecule has 0 aliphatic carbocycles. The number of fused-ring (bicyclic) bond motifs is 1. The predicted octanol–water partition coefficient (Wildman–Crippen LogP) is 2.45. The zero-order chi connectivity index (χ0) is 16.2. The fraction of sp³-hybridized carbons (Fsp3) is 0.500. The Hall–Kier alpha value is -1.64. The molecular formula is C12H14F3N3O2S. The molecule has 2 aromatic rings. The lowest BCUT2D eigenvalue weighted by Gasteiger charge is -2.13. The monoisotopic (exact) mass is 321 g/mol. The van der Waals surface area contributed by atoms with E-state index in [1.807, 2.05) is 20.8 Å². The van der Waals surface area contributed by atoms with Gasteiger partial charge in [0.05, 0.1) is 5.69 Å². The molecule has 0 aliphatic rings. The third kappa shape index (κ3) is 3.02. The molecule has 0 saturated carbocycles. The van der Waals surface area contributed by atoms with Gasteiger partial charge in [0.1, 0.15) is 5.65 Å². The summed E-state index contributed by atoms with van der Waals surface area (Å²) in [5.41, 5.74) is -1.32. The van der Waals surface area contributed by atoms with Crippen molar-refractivity contribution in [2.75, 3.05) is 6.26 Å².